The molecule has 0 radical (unpaired) electrons. The number of hydrogen-bond acceptors (Lipinski definition) is 5. The molecule has 0 saturated carbocycles. The summed E-state index contributed by atoms with van der Waals surface area (Å²) in [5.74, 6) is 0.554. The molecule has 0 bridgehead atoms. The van der Waals surface area contributed by atoms with Gasteiger partial charge in [0, 0.05) is 28.3 Å². The lowest BCUT2D eigenvalue weighted by Gasteiger charge is -2.31. The maximum Gasteiger partial charge on any atom is 0.251 e. The number of thioether (sulfide) groups is 1. The molecule has 4 rings (SSSR count). The van der Waals surface area contributed by atoms with Crippen molar-refractivity contribution in [3.05, 3.63) is 83.4 Å². The number of amides is 1. The summed E-state index contributed by atoms with van der Waals surface area (Å²) < 4.78 is 5.84. The van der Waals surface area contributed by atoms with E-state index in [-0.39, 0.29) is 11.7 Å². The largest absolute Gasteiger partial charge is 0.490 e. The van der Waals surface area contributed by atoms with Crippen LogP contribution in [0.1, 0.15) is 33.2 Å². The smallest absolute Gasteiger partial charge is 0.251 e. The fourth-order valence-corrected chi connectivity index (χ4v) is 3.96. The molecule has 5 nitrogen and oxygen atoms in total. The molecule has 0 spiro atoms. The number of nitrogens with one attached hydrogen (secondary N) is 1. The molecule has 0 atom stereocenters. The third-order valence-corrected chi connectivity index (χ3v) is 6.01. The predicted octanol–water partition coefficient (Wildman–Crippen LogP) is 5.07. The average Bonchev–Trinajstić information content (AvgIpc) is 2.82. The van der Waals surface area contributed by atoms with Crippen LogP contribution in [0.25, 0.3) is 0 Å². The molecule has 3 aromatic carbocycles. The van der Waals surface area contributed by atoms with Crippen molar-refractivity contribution < 1.29 is 14.3 Å². The van der Waals surface area contributed by atoms with Crippen molar-refractivity contribution in [1.29, 1.82) is 0 Å². The number of benzene rings is 3. The Labute approximate surface area is 186 Å². The van der Waals surface area contributed by atoms with Gasteiger partial charge in [0.1, 0.15) is 12.4 Å². The molecule has 1 heterocycles. The summed E-state index contributed by atoms with van der Waals surface area (Å²) in [7, 11) is 0. The minimum absolute atomic E-state index is 0.0328. The predicted molar refractivity (Wildman–Crippen MR) is 125 cm³/mol. The normalized spacial score (nSPS) is 12.6. The van der Waals surface area contributed by atoms with Gasteiger partial charge in [-0.2, -0.15) is 0 Å². The first-order chi connectivity index (χ1) is 15.0. The second-order valence-electron chi connectivity index (χ2n) is 7.32. The van der Waals surface area contributed by atoms with Crippen LogP contribution in [0.5, 0.6) is 5.75 Å². The van der Waals surface area contributed by atoms with Gasteiger partial charge < -0.3 is 15.0 Å². The number of fused-ring (bicyclic) bond motifs is 1. The molecule has 1 aliphatic heterocycles. The zero-order chi connectivity index (χ0) is 21.8. The highest BCUT2D eigenvalue weighted by molar-refractivity contribution is 7.98. The highest BCUT2D eigenvalue weighted by Gasteiger charge is 2.21. The molecule has 0 saturated heterocycles. The second-order valence-corrected chi connectivity index (χ2v) is 8.20. The van der Waals surface area contributed by atoms with Crippen LogP contribution in [0.15, 0.2) is 71.6 Å². The number of ketones is 1. The van der Waals surface area contributed by atoms with Gasteiger partial charge in [0.25, 0.3) is 5.91 Å². The SMILES string of the molecule is CSc1ccc(CNC(=O)c2ccc3c(c2)OCCN3c2cccc(C(C)=O)c2)cc1. The van der Waals surface area contributed by atoms with Gasteiger partial charge in [0.15, 0.2) is 5.78 Å². The Morgan fingerprint density at radius 1 is 1.03 bits per heavy atom. The molecule has 31 heavy (non-hydrogen) atoms. The van der Waals surface area contributed by atoms with Gasteiger partial charge in [-0.25, -0.2) is 0 Å². The molecule has 1 aliphatic rings. The van der Waals surface area contributed by atoms with E-state index in [0.29, 0.717) is 36.6 Å². The summed E-state index contributed by atoms with van der Waals surface area (Å²) in [4.78, 5) is 27.7. The fraction of sp³-hybridized carbons (Fsp3) is 0.200. The molecule has 0 unspecified atom stereocenters. The van der Waals surface area contributed by atoms with E-state index in [1.165, 1.54) is 4.90 Å². The fourth-order valence-electron chi connectivity index (χ4n) is 3.55. The average molecular weight is 433 g/mol. The Bertz CT molecular complexity index is 1110. The van der Waals surface area contributed by atoms with Crippen molar-refractivity contribution in [2.24, 2.45) is 0 Å². The van der Waals surface area contributed by atoms with E-state index in [2.05, 4.69) is 22.3 Å². The molecular formula is C25H24N2O3S. The Morgan fingerprint density at radius 3 is 2.58 bits per heavy atom. The molecule has 1 amide bonds. The minimum Gasteiger partial charge on any atom is -0.490 e. The van der Waals surface area contributed by atoms with Crippen LogP contribution in [-0.4, -0.2) is 31.1 Å². The molecule has 6 heteroatoms. The molecule has 3 aromatic rings. The number of rotatable bonds is 6. The van der Waals surface area contributed by atoms with Gasteiger partial charge in [0.2, 0.25) is 0 Å². The summed E-state index contributed by atoms with van der Waals surface area (Å²) in [6.45, 7) is 3.21. The number of nitrogens with zero attached hydrogens (tertiary/aromatic N) is 1. The maximum absolute atomic E-state index is 12.7. The Hall–Kier alpha value is -3.25. The van der Waals surface area contributed by atoms with Gasteiger partial charge in [-0.1, -0.05) is 24.3 Å². The summed E-state index contributed by atoms with van der Waals surface area (Å²) >= 11 is 1.69. The van der Waals surface area contributed by atoms with Crippen molar-refractivity contribution in [2.75, 3.05) is 24.3 Å². The molecule has 0 aromatic heterocycles. The Morgan fingerprint density at radius 2 is 1.84 bits per heavy atom. The van der Waals surface area contributed by atoms with Crippen LogP contribution in [0.4, 0.5) is 11.4 Å². The maximum atomic E-state index is 12.7. The molecule has 0 fully saturated rings. The number of ether oxygens (including phenoxy) is 1. The number of Topliss-reactive ketones (excluding diaryl/α,β-unsaturated/α-hetero) is 1. The van der Waals surface area contributed by atoms with Gasteiger partial charge >= 0.3 is 0 Å². The van der Waals surface area contributed by atoms with Crippen molar-refractivity contribution in [3.63, 3.8) is 0 Å². The van der Waals surface area contributed by atoms with E-state index in [4.69, 9.17) is 4.74 Å². The molecular weight excluding hydrogens is 408 g/mol. The number of hydrogen-bond donors (Lipinski definition) is 1. The van der Waals surface area contributed by atoms with Crippen molar-refractivity contribution in [2.45, 2.75) is 18.4 Å². The van der Waals surface area contributed by atoms with Crippen molar-refractivity contribution >= 4 is 34.8 Å². The van der Waals surface area contributed by atoms with E-state index in [1.807, 2.05) is 54.8 Å². The summed E-state index contributed by atoms with van der Waals surface area (Å²) in [5.41, 5.74) is 4.10. The Kier molecular flexibility index (Phi) is 6.28. The van der Waals surface area contributed by atoms with Crippen LogP contribution in [0.2, 0.25) is 0 Å². The lowest BCUT2D eigenvalue weighted by Crippen LogP contribution is -2.29. The third kappa shape index (κ3) is 4.75. The number of carbonyl (C=O) groups excluding carboxylic acids is 2. The minimum atomic E-state index is -0.143. The van der Waals surface area contributed by atoms with E-state index in [0.717, 1.165) is 16.9 Å². The van der Waals surface area contributed by atoms with E-state index >= 15 is 0 Å². The van der Waals surface area contributed by atoms with Gasteiger partial charge in [-0.05, 0) is 61.2 Å². The summed E-state index contributed by atoms with van der Waals surface area (Å²) in [6.07, 6.45) is 2.04. The quantitative estimate of drug-likeness (QED) is 0.435. The first kappa shape index (κ1) is 21.0. The highest BCUT2D eigenvalue weighted by atomic mass is 32.2. The van der Waals surface area contributed by atoms with Gasteiger partial charge in [0.05, 0.1) is 12.2 Å². The summed E-state index contributed by atoms with van der Waals surface area (Å²) in [6, 6.07) is 21.2. The lowest BCUT2D eigenvalue weighted by molar-refractivity contribution is 0.0949. The topological polar surface area (TPSA) is 58.6 Å². The van der Waals surface area contributed by atoms with E-state index in [1.54, 1.807) is 24.8 Å². The lowest BCUT2D eigenvalue weighted by atomic mass is 10.1. The van der Waals surface area contributed by atoms with Gasteiger partial charge in [-0.3, -0.25) is 9.59 Å². The molecule has 1 N–H and O–H groups in total. The van der Waals surface area contributed by atoms with Crippen LogP contribution >= 0.6 is 11.8 Å². The molecule has 0 aliphatic carbocycles. The number of carbonyl (C=O) groups is 2. The zero-order valence-electron chi connectivity index (χ0n) is 17.6. The Balaban J connectivity index is 1.50. The monoisotopic (exact) mass is 432 g/mol. The van der Waals surface area contributed by atoms with Crippen LogP contribution in [-0.2, 0) is 6.54 Å². The zero-order valence-corrected chi connectivity index (χ0v) is 18.4. The first-order valence-electron chi connectivity index (χ1n) is 10.1. The van der Waals surface area contributed by atoms with Crippen LogP contribution < -0.4 is 15.0 Å². The standard InChI is InChI=1S/C25H24N2O3S/c1-17(28)19-4-3-5-21(14-19)27-12-13-30-24-15-20(8-11-23(24)27)25(29)26-16-18-6-9-22(31-2)10-7-18/h3-11,14-15H,12-13,16H2,1-2H3,(H,26,29). The van der Waals surface area contributed by atoms with Gasteiger partial charge in [-0.15, -0.1) is 11.8 Å². The first-order valence-corrected chi connectivity index (χ1v) is 11.3. The van der Waals surface area contributed by atoms with Crippen LogP contribution in [0.3, 0.4) is 0 Å². The second kappa shape index (κ2) is 9.27. The van der Waals surface area contributed by atoms with Crippen molar-refractivity contribution in [1.82, 2.24) is 5.32 Å². The third-order valence-electron chi connectivity index (χ3n) is 5.26. The van der Waals surface area contributed by atoms with E-state index < -0.39 is 0 Å². The summed E-state index contributed by atoms with van der Waals surface area (Å²) in [5, 5.41) is 2.97. The van der Waals surface area contributed by atoms with E-state index in [9.17, 15) is 9.59 Å². The number of anilines is 2. The highest BCUT2D eigenvalue weighted by Crippen LogP contribution is 2.37. The van der Waals surface area contributed by atoms with Crippen LogP contribution in [0, 0.1) is 0 Å². The molecule has 158 valence electrons. The van der Waals surface area contributed by atoms with Crippen molar-refractivity contribution in [3.8, 4) is 5.75 Å².